The van der Waals surface area contributed by atoms with Crippen molar-refractivity contribution in [2.75, 3.05) is 0 Å². The van der Waals surface area contributed by atoms with Gasteiger partial charge in [-0.2, -0.15) is 13.2 Å². The first kappa shape index (κ1) is 26.7. The summed E-state index contributed by atoms with van der Waals surface area (Å²) in [6.07, 6.45) is 4.03. The Morgan fingerprint density at radius 2 is 1.66 bits per heavy atom. The van der Waals surface area contributed by atoms with Crippen molar-refractivity contribution in [3.05, 3.63) is 77.1 Å². The summed E-state index contributed by atoms with van der Waals surface area (Å²) in [6.45, 7) is 6.80. The highest BCUT2D eigenvalue weighted by Crippen LogP contribution is 2.34. The first-order chi connectivity index (χ1) is 14.7. The lowest BCUT2D eigenvalue weighted by molar-refractivity contribution is -0.579. The summed E-state index contributed by atoms with van der Waals surface area (Å²) in [7, 11) is -6.09. The molecule has 0 spiro atoms. The quantitative estimate of drug-likeness (QED) is 0.179. The molecule has 1 aromatic carbocycles. The molecular formula is C22H22F3IO4S2. The minimum Gasteiger partial charge on any atom is -0.741 e. The van der Waals surface area contributed by atoms with Crippen molar-refractivity contribution >= 4 is 27.2 Å². The van der Waals surface area contributed by atoms with Gasteiger partial charge in [-0.05, 0) is 35.4 Å². The zero-order valence-corrected chi connectivity index (χ0v) is 21.4. The van der Waals surface area contributed by atoms with E-state index in [2.05, 4.69) is 57.2 Å². The fraction of sp³-hybridized carbons (Fsp3) is 0.318. The van der Waals surface area contributed by atoms with Gasteiger partial charge in [-0.15, -0.1) is 11.3 Å². The van der Waals surface area contributed by atoms with Crippen LogP contribution in [0.4, 0.5) is 13.2 Å². The molecule has 0 N–H and O–H groups in total. The number of hydrogen-bond acceptors (Lipinski definition) is 5. The third kappa shape index (κ3) is 7.53. The standard InChI is InChI=1S/C21H22IOS.CHF3O3S/c1-21(2,3)15-11-12-17(20(23)19-10-7-13-24-19)18(14-15)22-16-8-5-4-6-9-16;2-1(3,4)8(5,6)7/h4-11,13H,12,14H2,1-3H3;(H,5,6,7)/q+1;/p-1. The average Bonchev–Trinajstić information content (AvgIpc) is 3.21. The summed E-state index contributed by atoms with van der Waals surface area (Å²) in [5.74, 6) is 0.236. The molecular weight excluding hydrogens is 576 g/mol. The second kappa shape index (κ2) is 10.6. The predicted octanol–water partition coefficient (Wildman–Crippen LogP) is 2.96. The van der Waals surface area contributed by atoms with E-state index in [9.17, 15) is 18.0 Å². The second-order valence-corrected chi connectivity index (χ2v) is 13.2. The minimum atomic E-state index is -6.09. The van der Waals surface area contributed by atoms with Crippen LogP contribution in [0.3, 0.4) is 0 Å². The zero-order valence-electron chi connectivity index (χ0n) is 17.6. The molecule has 0 unspecified atom stereocenters. The fourth-order valence-electron chi connectivity index (χ4n) is 2.73. The Balaban J connectivity index is 0.000000390. The molecule has 0 saturated heterocycles. The molecule has 0 fully saturated rings. The van der Waals surface area contributed by atoms with E-state index in [4.69, 9.17) is 13.0 Å². The number of benzene rings is 1. The maximum absolute atomic E-state index is 13.0. The first-order valence-corrected chi connectivity index (χ1v) is 13.9. The largest absolute Gasteiger partial charge is 0.741 e. The fourth-order valence-corrected chi connectivity index (χ4v) is 6.34. The van der Waals surface area contributed by atoms with Gasteiger partial charge in [0.15, 0.2) is 17.3 Å². The Bertz CT molecular complexity index is 1100. The Kier molecular flexibility index (Phi) is 8.88. The van der Waals surface area contributed by atoms with Crippen LogP contribution in [-0.2, 0) is 10.1 Å². The Labute approximate surface area is 200 Å². The van der Waals surface area contributed by atoms with E-state index in [1.807, 2.05) is 17.5 Å². The number of alkyl halides is 3. The summed E-state index contributed by atoms with van der Waals surface area (Å²) in [4.78, 5) is 13.8. The Hall–Kier alpha value is -1.50. The average molecular weight is 598 g/mol. The summed E-state index contributed by atoms with van der Waals surface area (Å²) < 4.78 is 61.7. The molecule has 2 aromatic rings. The first-order valence-electron chi connectivity index (χ1n) is 9.42. The number of Topliss-reactive ketones (excluding diaryl/α,β-unsaturated/α-hetero) is 1. The number of carbonyl (C=O) groups is 1. The third-order valence-corrected chi connectivity index (χ3v) is 8.91. The molecule has 1 heterocycles. The normalized spacial score (nSPS) is 15.0. The van der Waals surface area contributed by atoms with E-state index in [0.29, 0.717) is 0 Å². The van der Waals surface area contributed by atoms with Gasteiger partial charge in [0.05, 0.1) is 10.5 Å². The highest BCUT2D eigenvalue weighted by Gasteiger charge is 2.37. The number of thiophene rings is 1. The van der Waals surface area contributed by atoms with Gasteiger partial charge < -0.3 is 4.55 Å². The molecule has 32 heavy (non-hydrogen) atoms. The van der Waals surface area contributed by atoms with Crippen molar-refractivity contribution in [1.29, 1.82) is 0 Å². The van der Waals surface area contributed by atoms with Crippen LogP contribution in [-0.4, -0.2) is 24.3 Å². The number of allylic oxidation sites excluding steroid dienone is 4. The Morgan fingerprint density at radius 3 is 2.12 bits per heavy atom. The molecule has 1 aliphatic carbocycles. The van der Waals surface area contributed by atoms with Crippen molar-refractivity contribution in [3.63, 3.8) is 0 Å². The van der Waals surface area contributed by atoms with Crippen molar-refractivity contribution in [2.45, 2.75) is 39.1 Å². The van der Waals surface area contributed by atoms with E-state index < -0.39 is 15.6 Å². The topological polar surface area (TPSA) is 74.3 Å². The van der Waals surface area contributed by atoms with E-state index in [-0.39, 0.29) is 32.4 Å². The third-order valence-electron chi connectivity index (χ3n) is 4.45. The summed E-state index contributed by atoms with van der Waals surface area (Å²) in [5.41, 5.74) is -2.96. The molecule has 174 valence electrons. The predicted molar refractivity (Wildman–Crippen MR) is 113 cm³/mol. The highest BCUT2D eigenvalue weighted by molar-refractivity contribution is 7.86. The van der Waals surface area contributed by atoms with Crippen LogP contribution in [0.1, 0.15) is 43.3 Å². The van der Waals surface area contributed by atoms with Gasteiger partial charge in [0.2, 0.25) is 5.78 Å². The van der Waals surface area contributed by atoms with Crippen molar-refractivity contribution < 1.29 is 52.1 Å². The smallest absolute Gasteiger partial charge is 0.485 e. The second-order valence-electron chi connectivity index (χ2n) is 7.84. The van der Waals surface area contributed by atoms with Gasteiger partial charge in [-0.3, -0.25) is 4.79 Å². The SMILES string of the molecule is CC(C)(C)C1=CCC(C(=O)c2cccs2)=C([I+]c2ccccc2)C1.O=S(=O)([O-])C(F)(F)F. The van der Waals surface area contributed by atoms with Gasteiger partial charge in [-0.25, -0.2) is 8.42 Å². The summed E-state index contributed by atoms with van der Waals surface area (Å²) >= 11 is 1.25. The molecule has 0 bridgehead atoms. The molecule has 4 nitrogen and oxygen atoms in total. The maximum Gasteiger partial charge on any atom is 0.485 e. The number of rotatable bonds is 4. The summed E-state index contributed by atoms with van der Waals surface area (Å²) in [5, 5.41) is 1.99. The number of hydrogen-bond donors (Lipinski definition) is 0. The van der Waals surface area contributed by atoms with Gasteiger partial charge >= 0.3 is 26.7 Å². The molecule has 0 radical (unpaired) electrons. The molecule has 0 saturated carbocycles. The lowest BCUT2D eigenvalue weighted by atomic mass is 9.80. The van der Waals surface area contributed by atoms with E-state index in [1.54, 1.807) is 11.3 Å². The van der Waals surface area contributed by atoms with Crippen LogP contribution in [0.5, 0.6) is 0 Å². The van der Waals surface area contributed by atoms with Gasteiger partial charge in [0, 0.05) is 6.42 Å². The van der Waals surface area contributed by atoms with Crippen molar-refractivity contribution in [2.24, 2.45) is 5.41 Å². The molecule has 1 aliphatic rings. The molecule has 3 rings (SSSR count). The maximum atomic E-state index is 13.0. The molecule has 10 heteroatoms. The number of ketones is 1. The van der Waals surface area contributed by atoms with Gasteiger partial charge in [0.1, 0.15) is 0 Å². The van der Waals surface area contributed by atoms with Crippen molar-refractivity contribution in [3.8, 4) is 0 Å². The van der Waals surface area contributed by atoms with Crippen LogP contribution in [0.25, 0.3) is 0 Å². The van der Waals surface area contributed by atoms with Gasteiger partial charge in [0.25, 0.3) is 0 Å². The van der Waals surface area contributed by atoms with Crippen LogP contribution in [0, 0.1) is 8.99 Å². The lowest BCUT2D eigenvalue weighted by Gasteiger charge is -2.25. The summed E-state index contributed by atoms with van der Waals surface area (Å²) in [6, 6.07) is 14.6. The van der Waals surface area contributed by atoms with Crippen molar-refractivity contribution in [1.82, 2.24) is 0 Å². The number of carbonyl (C=O) groups excluding carboxylic acids is 1. The minimum absolute atomic E-state index is 0.170. The zero-order chi connectivity index (χ0) is 24.2. The lowest BCUT2D eigenvalue weighted by Crippen LogP contribution is -3.61. The molecule has 0 amide bonds. The van der Waals surface area contributed by atoms with E-state index >= 15 is 0 Å². The van der Waals surface area contributed by atoms with E-state index in [0.717, 1.165) is 23.3 Å². The van der Waals surface area contributed by atoms with Crippen LogP contribution >= 0.6 is 11.3 Å². The number of halogens is 4. The molecule has 1 aromatic heterocycles. The highest BCUT2D eigenvalue weighted by atomic mass is 127. The van der Waals surface area contributed by atoms with Gasteiger partial charge in [-0.1, -0.05) is 56.7 Å². The molecule has 0 atom stereocenters. The molecule has 0 aliphatic heterocycles. The van der Waals surface area contributed by atoms with E-state index in [1.165, 1.54) is 12.7 Å². The monoisotopic (exact) mass is 598 g/mol. The Morgan fingerprint density at radius 1 is 1.06 bits per heavy atom. The van der Waals surface area contributed by atoms with Crippen LogP contribution < -0.4 is 21.2 Å². The van der Waals surface area contributed by atoms with Crippen LogP contribution in [0.2, 0.25) is 0 Å². The van der Waals surface area contributed by atoms with Crippen LogP contribution in [0.15, 0.2) is 68.6 Å².